The van der Waals surface area contributed by atoms with E-state index in [9.17, 15) is 0 Å². The Bertz CT molecular complexity index is 409. The topological polar surface area (TPSA) is 77.0 Å². The van der Waals surface area contributed by atoms with E-state index < -0.39 is 0 Å². The van der Waals surface area contributed by atoms with Crippen LogP contribution in [0.1, 0.15) is 0 Å². The summed E-state index contributed by atoms with van der Waals surface area (Å²) in [7, 11) is 0. The van der Waals surface area contributed by atoms with E-state index in [-0.39, 0.29) is 6.61 Å². The van der Waals surface area contributed by atoms with E-state index in [0.29, 0.717) is 12.4 Å². The minimum absolute atomic E-state index is 0.0349. The van der Waals surface area contributed by atoms with E-state index in [4.69, 9.17) is 10.8 Å². The van der Waals surface area contributed by atoms with Crippen molar-refractivity contribution in [3.8, 4) is 11.3 Å². The summed E-state index contributed by atoms with van der Waals surface area (Å²) in [5.41, 5.74) is 7.46. The molecule has 0 fully saturated rings. The van der Waals surface area contributed by atoms with Gasteiger partial charge in [0.15, 0.2) is 0 Å². The highest BCUT2D eigenvalue weighted by atomic mass is 32.1. The number of aromatic nitrogens is 3. The molecule has 0 saturated carbocycles. The molecule has 14 heavy (non-hydrogen) atoms. The largest absolute Gasteiger partial charge is 0.394 e. The van der Waals surface area contributed by atoms with Gasteiger partial charge in [-0.2, -0.15) is 5.10 Å². The lowest BCUT2D eigenvalue weighted by Gasteiger charge is -1.98. The van der Waals surface area contributed by atoms with Crippen molar-refractivity contribution in [1.82, 2.24) is 14.2 Å². The molecular weight excluding hydrogens is 200 g/mol. The zero-order chi connectivity index (χ0) is 9.97. The Morgan fingerprint density at radius 2 is 2.43 bits per heavy atom. The van der Waals surface area contributed by atoms with Crippen molar-refractivity contribution < 1.29 is 5.11 Å². The summed E-state index contributed by atoms with van der Waals surface area (Å²) in [6.07, 6.45) is 1.75. The maximum Gasteiger partial charge on any atom is 0.122 e. The van der Waals surface area contributed by atoms with Crippen LogP contribution >= 0.6 is 11.5 Å². The van der Waals surface area contributed by atoms with Crippen molar-refractivity contribution in [1.29, 1.82) is 0 Å². The molecule has 0 amide bonds. The van der Waals surface area contributed by atoms with Crippen LogP contribution in [0.2, 0.25) is 0 Å². The SMILES string of the molecule is Nc1cc(-c2cnsc2)nn1CCO. The molecule has 0 aliphatic carbocycles. The number of nitrogens with zero attached hydrogens (tertiary/aromatic N) is 3. The van der Waals surface area contributed by atoms with Crippen LogP contribution in [0.25, 0.3) is 11.3 Å². The quantitative estimate of drug-likeness (QED) is 0.777. The lowest BCUT2D eigenvalue weighted by molar-refractivity contribution is 0.270. The second-order valence-electron chi connectivity index (χ2n) is 2.81. The van der Waals surface area contributed by atoms with Crippen LogP contribution in [0.15, 0.2) is 17.6 Å². The number of hydrogen-bond donors (Lipinski definition) is 2. The number of aliphatic hydroxyl groups excluding tert-OH is 1. The van der Waals surface area contributed by atoms with E-state index in [1.54, 1.807) is 16.9 Å². The molecule has 0 saturated heterocycles. The minimum Gasteiger partial charge on any atom is -0.394 e. The molecule has 0 unspecified atom stereocenters. The van der Waals surface area contributed by atoms with Crippen molar-refractivity contribution in [3.63, 3.8) is 0 Å². The third-order valence-electron chi connectivity index (χ3n) is 1.85. The minimum atomic E-state index is 0.0349. The van der Waals surface area contributed by atoms with Gasteiger partial charge >= 0.3 is 0 Å². The van der Waals surface area contributed by atoms with E-state index in [1.807, 2.05) is 5.38 Å². The van der Waals surface area contributed by atoms with Gasteiger partial charge in [0, 0.05) is 17.0 Å². The first-order valence-corrected chi connectivity index (χ1v) is 4.99. The molecule has 5 nitrogen and oxygen atoms in total. The zero-order valence-electron chi connectivity index (χ0n) is 7.42. The number of hydrogen-bond acceptors (Lipinski definition) is 5. The average Bonchev–Trinajstić information content (AvgIpc) is 2.76. The molecule has 0 aromatic carbocycles. The summed E-state index contributed by atoms with van der Waals surface area (Å²) in [4.78, 5) is 0. The van der Waals surface area contributed by atoms with Crippen LogP contribution in [-0.2, 0) is 6.54 Å². The van der Waals surface area contributed by atoms with Gasteiger partial charge in [-0.3, -0.25) is 0 Å². The van der Waals surface area contributed by atoms with Crippen LogP contribution in [0.4, 0.5) is 5.82 Å². The van der Waals surface area contributed by atoms with E-state index in [2.05, 4.69) is 9.47 Å². The molecule has 0 atom stereocenters. The van der Waals surface area contributed by atoms with Gasteiger partial charge in [-0.1, -0.05) is 0 Å². The van der Waals surface area contributed by atoms with Gasteiger partial charge in [0.1, 0.15) is 5.82 Å². The van der Waals surface area contributed by atoms with E-state index in [1.165, 1.54) is 11.5 Å². The summed E-state index contributed by atoms with van der Waals surface area (Å²) >= 11 is 1.37. The Morgan fingerprint density at radius 3 is 3.07 bits per heavy atom. The van der Waals surface area contributed by atoms with Crippen molar-refractivity contribution in [3.05, 3.63) is 17.6 Å². The molecule has 2 aromatic rings. The molecule has 3 N–H and O–H groups in total. The van der Waals surface area contributed by atoms with E-state index in [0.717, 1.165) is 11.3 Å². The fourth-order valence-electron chi connectivity index (χ4n) is 1.18. The van der Waals surface area contributed by atoms with Crippen LogP contribution in [-0.4, -0.2) is 25.9 Å². The van der Waals surface area contributed by atoms with Crippen molar-refractivity contribution in [2.75, 3.05) is 12.3 Å². The van der Waals surface area contributed by atoms with Crippen LogP contribution in [0.3, 0.4) is 0 Å². The maximum atomic E-state index is 8.76. The maximum absolute atomic E-state index is 8.76. The van der Waals surface area contributed by atoms with Gasteiger partial charge in [-0.05, 0) is 11.5 Å². The number of aliphatic hydroxyl groups is 1. The number of rotatable bonds is 3. The summed E-state index contributed by atoms with van der Waals surface area (Å²) in [6.45, 7) is 0.455. The van der Waals surface area contributed by atoms with E-state index >= 15 is 0 Å². The third kappa shape index (κ3) is 1.61. The summed E-state index contributed by atoms with van der Waals surface area (Å²) in [5, 5.41) is 14.9. The first-order chi connectivity index (χ1) is 6.81. The first kappa shape index (κ1) is 9.17. The molecule has 0 radical (unpaired) electrons. The number of anilines is 1. The van der Waals surface area contributed by atoms with Gasteiger partial charge in [-0.15, -0.1) is 0 Å². The molecule has 2 rings (SSSR count). The molecule has 2 aromatic heterocycles. The summed E-state index contributed by atoms with van der Waals surface area (Å²) in [6, 6.07) is 1.78. The van der Waals surface area contributed by atoms with Crippen molar-refractivity contribution in [2.45, 2.75) is 6.54 Å². The Kier molecular flexibility index (Phi) is 2.47. The molecule has 0 aliphatic heterocycles. The monoisotopic (exact) mass is 210 g/mol. The second kappa shape index (κ2) is 3.77. The molecule has 0 bridgehead atoms. The first-order valence-electron chi connectivity index (χ1n) is 4.15. The normalized spacial score (nSPS) is 10.6. The van der Waals surface area contributed by atoms with Crippen molar-refractivity contribution in [2.24, 2.45) is 0 Å². The van der Waals surface area contributed by atoms with Gasteiger partial charge < -0.3 is 10.8 Å². The summed E-state index contributed by atoms with van der Waals surface area (Å²) < 4.78 is 5.56. The Morgan fingerprint density at radius 1 is 1.57 bits per heavy atom. The lowest BCUT2D eigenvalue weighted by atomic mass is 10.3. The predicted octanol–water partition coefficient (Wildman–Crippen LogP) is 0.581. The van der Waals surface area contributed by atoms with Crippen LogP contribution in [0.5, 0.6) is 0 Å². The molecule has 0 aliphatic rings. The number of nitrogens with two attached hydrogens (primary N) is 1. The standard InChI is InChI=1S/C8H10N4OS/c9-8-3-7(6-4-10-14-5-6)11-12(8)1-2-13/h3-5,13H,1-2,9H2. The van der Waals surface area contributed by atoms with Gasteiger partial charge in [0.25, 0.3) is 0 Å². The average molecular weight is 210 g/mol. The Balaban J connectivity index is 2.33. The highest BCUT2D eigenvalue weighted by Crippen LogP contribution is 2.20. The molecular formula is C8H10N4OS. The Labute approximate surface area is 85.0 Å². The Hall–Kier alpha value is -1.40. The zero-order valence-corrected chi connectivity index (χ0v) is 8.24. The van der Waals surface area contributed by atoms with Crippen LogP contribution in [0, 0.1) is 0 Å². The molecule has 6 heteroatoms. The highest BCUT2D eigenvalue weighted by molar-refractivity contribution is 7.03. The number of nitrogen functional groups attached to an aromatic ring is 1. The fourth-order valence-corrected chi connectivity index (χ4v) is 1.71. The van der Waals surface area contributed by atoms with Crippen molar-refractivity contribution >= 4 is 17.4 Å². The fraction of sp³-hybridized carbons (Fsp3) is 0.250. The second-order valence-corrected chi connectivity index (χ2v) is 3.47. The smallest absolute Gasteiger partial charge is 0.122 e. The van der Waals surface area contributed by atoms with Gasteiger partial charge in [0.05, 0.1) is 25.0 Å². The molecule has 74 valence electrons. The third-order valence-corrected chi connectivity index (χ3v) is 2.44. The van der Waals surface area contributed by atoms with Gasteiger partial charge in [0.2, 0.25) is 0 Å². The summed E-state index contributed by atoms with van der Waals surface area (Å²) in [5.74, 6) is 0.556. The lowest BCUT2D eigenvalue weighted by Crippen LogP contribution is -2.07. The van der Waals surface area contributed by atoms with Gasteiger partial charge in [-0.25, -0.2) is 9.06 Å². The predicted molar refractivity (Wildman–Crippen MR) is 54.8 cm³/mol. The highest BCUT2D eigenvalue weighted by Gasteiger charge is 2.07. The van der Waals surface area contributed by atoms with Crippen LogP contribution < -0.4 is 5.73 Å². The molecule has 0 spiro atoms. The molecule has 2 heterocycles.